The van der Waals surface area contributed by atoms with Crippen LogP contribution in [0.2, 0.25) is 0 Å². The van der Waals surface area contributed by atoms with Gasteiger partial charge in [0, 0.05) is 23.6 Å². The van der Waals surface area contributed by atoms with Crippen LogP contribution in [0.4, 0.5) is 11.5 Å². The number of carbonyl (C=O) groups excluding carboxylic acids is 4. The molecule has 0 radical (unpaired) electrons. The Morgan fingerprint density at radius 2 is 2.24 bits per heavy atom. The largest absolute Gasteiger partial charge is 0.543 e. The zero-order chi connectivity index (χ0) is 26.5. The van der Waals surface area contributed by atoms with Gasteiger partial charge >= 0.3 is 0 Å². The lowest BCUT2D eigenvalue weighted by molar-refractivity contribution is -0.688. The molecule has 14 nitrogen and oxygen atoms in total. The number of aromatic nitrogens is 3. The second-order valence-corrected chi connectivity index (χ2v) is 8.90. The van der Waals surface area contributed by atoms with Gasteiger partial charge < -0.3 is 31.1 Å². The molecule has 2 aliphatic rings. The third kappa shape index (κ3) is 5.35. The van der Waals surface area contributed by atoms with E-state index < -0.39 is 29.2 Å². The first-order valence-electron chi connectivity index (χ1n) is 11.0. The minimum atomic E-state index is -1.51. The number of hydrogen-bond donors (Lipinski definition) is 3. The number of nitrogen functional groups attached to an aromatic ring is 1. The van der Waals surface area contributed by atoms with Gasteiger partial charge in [0.15, 0.2) is 24.8 Å². The number of amides is 3. The molecule has 1 fully saturated rings. The fourth-order valence-electron chi connectivity index (χ4n) is 3.80. The lowest BCUT2D eigenvalue weighted by Crippen LogP contribution is -2.71. The molecule has 0 saturated carbocycles. The minimum absolute atomic E-state index is 0.0909. The summed E-state index contributed by atoms with van der Waals surface area (Å²) in [6, 6.07) is 3.78. The fourth-order valence-corrected chi connectivity index (χ4v) is 5.13. The van der Waals surface area contributed by atoms with E-state index in [1.54, 1.807) is 36.0 Å². The molecule has 0 spiro atoms. The molecule has 1 saturated heterocycles. The summed E-state index contributed by atoms with van der Waals surface area (Å²) in [5, 5.41) is 20.2. The van der Waals surface area contributed by atoms with Crippen molar-refractivity contribution in [3.63, 3.8) is 0 Å². The first-order chi connectivity index (χ1) is 17.8. The molecule has 0 aliphatic carbocycles. The molecule has 3 amide bonds. The van der Waals surface area contributed by atoms with E-state index in [9.17, 15) is 24.3 Å². The van der Waals surface area contributed by atoms with Crippen molar-refractivity contribution in [2.75, 3.05) is 23.4 Å². The maximum Gasteiger partial charge on any atom is 0.278 e. The van der Waals surface area contributed by atoms with Gasteiger partial charge in [-0.1, -0.05) is 5.16 Å². The Labute approximate surface area is 214 Å². The number of anilines is 2. The van der Waals surface area contributed by atoms with E-state index in [0.29, 0.717) is 17.7 Å². The SMILES string of the molecule is CCON=C(C(=O)NC1C(=O)N2C(C(=O)[O-])=C(C[n+]3cccc(NC=O)c3)CS[C@H]12)c1nccc(N)n1. The number of hydrogen-bond acceptors (Lipinski definition) is 11. The molecule has 4 heterocycles. The molecule has 2 aromatic heterocycles. The average molecular weight is 527 g/mol. The van der Waals surface area contributed by atoms with Crippen LogP contribution in [0.1, 0.15) is 12.7 Å². The second-order valence-electron chi connectivity index (χ2n) is 7.79. The highest BCUT2D eigenvalue weighted by Crippen LogP contribution is 2.40. The van der Waals surface area contributed by atoms with E-state index in [-0.39, 0.29) is 42.0 Å². The minimum Gasteiger partial charge on any atom is -0.543 e. The third-order valence-corrected chi connectivity index (χ3v) is 6.71. The first-order valence-corrected chi connectivity index (χ1v) is 12.1. The van der Waals surface area contributed by atoms with Crippen molar-refractivity contribution in [1.82, 2.24) is 20.2 Å². The summed E-state index contributed by atoms with van der Waals surface area (Å²) in [4.78, 5) is 62.8. The summed E-state index contributed by atoms with van der Waals surface area (Å²) in [7, 11) is 0. The Balaban J connectivity index is 1.54. The zero-order valence-corrected chi connectivity index (χ0v) is 20.3. The van der Waals surface area contributed by atoms with E-state index >= 15 is 0 Å². The lowest BCUT2D eigenvalue weighted by atomic mass is 10.0. The summed E-state index contributed by atoms with van der Waals surface area (Å²) >= 11 is 1.29. The highest BCUT2D eigenvalue weighted by molar-refractivity contribution is 8.00. The van der Waals surface area contributed by atoms with Crippen LogP contribution in [0, 0.1) is 0 Å². The molecule has 0 aromatic carbocycles. The van der Waals surface area contributed by atoms with Gasteiger partial charge in [0.2, 0.25) is 12.1 Å². The monoisotopic (exact) mass is 526 g/mol. The number of carbonyl (C=O) groups is 4. The first kappa shape index (κ1) is 25.6. The number of nitrogens with two attached hydrogens (primary N) is 1. The highest BCUT2D eigenvalue weighted by atomic mass is 32.2. The molecule has 2 atom stereocenters. The van der Waals surface area contributed by atoms with Crippen molar-refractivity contribution in [2.24, 2.45) is 5.16 Å². The summed E-state index contributed by atoms with van der Waals surface area (Å²) in [5.41, 5.74) is 6.11. The molecular weight excluding hydrogens is 504 g/mol. The van der Waals surface area contributed by atoms with Crippen molar-refractivity contribution in [3.05, 3.63) is 53.9 Å². The van der Waals surface area contributed by atoms with Gasteiger partial charge in [-0.25, -0.2) is 9.97 Å². The lowest BCUT2D eigenvalue weighted by Gasteiger charge is -2.50. The molecule has 4 N–H and O–H groups in total. The van der Waals surface area contributed by atoms with E-state index in [0.717, 1.165) is 4.90 Å². The standard InChI is InChI=1S/C22H22N8O6S/c1-2-36-28-15(18-24-6-5-14(23)26-18)19(32)27-16-20(33)30-17(22(34)35)12(10-37-21(16)30)8-29-7-3-4-13(9-29)25-11-31/h3-7,9,11,16,21H,2,8,10H2,1H3,(H4-,23,24,25,26,27,31,32,34,35)/t16?,21-/m1/s1. The van der Waals surface area contributed by atoms with Crippen molar-refractivity contribution < 1.29 is 33.7 Å². The maximum absolute atomic E-state index is 13.0. The van der Waals surface area contributed by atoms with Crippen molar-refractivity contribution in [1.29, 1.82) is 0 Å². The Morgan fingerprint density at radius 3 is 2.95 bits per heavy atom. The van der Waals surface area contributed by atoms with Gasteiger partial charge in [-0.2, -0.15) is 4.57 Å². The van der Waals surface area contributed by atoms with E-state index in [2.05, 4.69) is 25.8 Å². The van der Waals surface area contributed by atoms with Crippen molar-refractivity contribution in [2.45, 2.75) is 24.9 Å². The molecule has 1 unspecified atom stereocenters. The molecule has 15 heteroatoms. The predicted octanol–water partition coefficient (Wildman–Crippen LogP) is -2.24. The van der Waals surface area contributed by atoms with E-state index in [4.69, 9.17) is 10.6 Å². The van der Waals surface area contributed by atoms with E-state index in [1.807, 2.05) is 0 Å². The quantitative estimate of drug-likeness (QED) is 0.100. The molecule has 37 heavy (non-hydrogen) atoms. The van der Waals surface area contributed by atoms with Gasteiger partial charge in [0.05, 0.1) is 11.7 Å². The number of thioether (sulfide) groups is 1. The number of rotatable bonds is 10. The zero-order valence-electron chi connectivity index (χ0n) is 19.5. The van der Waals surface area contributed by atoms with Gasteiger partial charge in [-0.3, -0.25) is 19.3 Å². The molecular formula is C22H22N8O6S. The summed E-state index contributed by atoms with van der Waals surface area (Å²) in [5.74, 6) is -2.62. The highest BCUT2D eigenvalue weighted by Gasteiger charge is 2.53. The van der Waals surface area contributed by atoms with Crippen molar-refractivity contribution >= 4 is 53.2 Å². The van der Waals surface area contributed by atoms with Crippen LogP contribution in [-0.4, -0.2) is 68.5 Å². The number of nitrogens with one attached hydrogen (secondary N) is 2. The number of fused-ring (bicyclic) bond motifs is 1. The van der Waals surface area contributed by atoms with Crippen LogP contribution in [0.3, 0.4) is 0 Å². The van der Waals surface area contributed by atoms with Gasteiger partial charge in [0.25, 0.3) is 11.8 Å². The van der Waals surface area contributed by atoms with Crippen LogP contribution in [0.5, 0.6) is 0 Å². The summed E-state index contributed by atoms with van der Waals surface area (Å²) in [6.07, 6.45) is 5.21. The molecule has 0 bridgehead atoms. The van der Waals surface area contributed by atoms with Crippen molar-refractivity contribution in [3.8, 4) is 0 Å². The van der Waals surface area contributed by atoms with Crippen LogP contribution in [-0.2, 0) is 30.6 Å². The van der Waals surface area contributed by atoms with Crippen LogP contribution in [0.25, 0.3) is 0 Å². The molecule has 2 aliphatic heterocycles. The van der Waals surface area contributed by atoms with Gasteiger partial charge in [-0.15, -0.1) is 11.8 Å². The predicted molar refractivity (Wildman–Crippen MR) is 128 cm³/mol. The number of nitrogens with zero attached hydrogens (tertiary/aromatic N) is 5. The van der Waals surface area contributed by atoms with Gasteiger partial charge in [-0.05, 0) is 19.1 Å². The second kappa shape index (κ2) is 11.0. The number of carboxylic acids is 1. The fraction of sp³-hybridized carbons (Fsp3) is 0.273. The maximum atomic E-state index is 13.0. The average Bonchev–Trinajstić information content (AvgIpc) is 2.87. The number of pyridine rings is 1. The van der Waals surface area contributed by atoms with Crippen LogP contribution < -0.4 is 26.0 Å². The molecule has 2 aromatic rings. The number of carboxylic acid groups (broad SMARTS) is 1. The van der Waals surface area contributed by atoms with Gasteiger partial charge in [0.1, 0.15) is 29.5 Å². The number of aliphatic carboxylic acids is 1. The smallest absolute Gasteiger partial charge is 0.278 e. The number of β-lactam (4-membered cyclic amide) rings is 1. The Bertz CT molecular complexity index is 1320. The normalized spacial score (nSPS) is 19.0. The third-order valence-electron chi connectivity index (χ3n) is 5.37. The van der Waals surface area contributed by atoms with Crippen LogP contribution >= 0.6 is 11.8 Å². The Hall–Kier alpha value is -4.53. The summed E-state index contributed by atoms with van der Waals surface area (Å²) < 4.78 is 1.68. The van der Waals surface area contributed by atoms with Crippen LogP contribution in [0.15, 0.2) is 53.2 Å². The Morgan fingerprint density at radius 1 is 1.43 bits per heavy atom. The summed E-state index contributed by atoms with van der Waals surface area (Å²) in [6.45, 7) is 1.99. The van der Waals surface area contributed by atoms with E-state index in [1.165, 1.54) is 24.0 Å². The Kier molecular flexibility index (Phi) is 7.62. The number of oxime groups is 1. The topological polar surface area (TPSA) is 196 Å². The molecule has 4 rings (SSSR count). The molecule has 192 valence electrons.